The Morgan fingerprint density at radius 2 is 1.73 bits per heavy atom. The number of carbonyl (C=O) groups is 2. The molecule has 0 radical (unpaired) electrons. The zero-order chi connectivity index (χ0) is 19.7. The number of amides is 1. The standard InChI is InChI=1S/C17H22F3NO5/c1-4-26-15(22)8-10-21(16(23)17(18,19)20)9-7-12-5-6-13(24-2)14(11-12)25-3/h5-6,11H,4,7-10H2,1-3H3. The van der Waals surface area contributed by atoms with Gasteiger partial charge in [-0.05, 0) is 31.0 Å². The molecule has 1 rings (SSSR count). The maximum atomic E-state index is 12.8. The zero-order valence-electron chi connectivity index (χ0n) is 14.9. The van der Waals surface area contributed by atoms with E-state index in [0.717, 1.165) is 0 Å². The second kappa shape index (κ2) is 9.88. The summed E-state index contributed by atoms with van der Waals surface area (Å²) in [6.45, 7) is 1.14. The lowest BCUT2D eigenvalue weighted by Crippen LogP contribution is -2.43. The fraction of sp³-hybridized carbons (Fsp3) is 0.529. The number of benzene rings is 1. The van der Waals surface area contributed by atoms with Crippen LogP contribution < -0.4 is 9.47 Å². The smallest absolute Gasteiger partial charge is 0.471 e. The highest BCUT2D eigenvalue weighted by atomic mass is 19.4. The summed E-state index contributed by atoms with van der Waals surface area (Å²) < 4.78 is 53.2. The van der Waals surface area contributed by atoms with E-state index >= 15 is 0 Å². The Labute approximate surface area is 149 Å². The molecule has 0 atom stereocenters. The van der Waals surface area contributed by atoms with Crippen LogP contribution in [-0.4, -0.2) is 56.9 Å². The van der Waals surface area contributed by atoms with Crippen molar-refractivity contribution in [2.45, 2.75) is 25.9 Å². The average molecular weight is 377 g/mol. The first-order valence-corrected chi connectivity index (χ1v) is 7.95. The number of alkyl halides is 3. The van der Waals surface area contributed by atoms with E-state index in [9.17, 15) is 22.8 Å². The molecule has 1 aromatic rings. The molecular formula is C17H22F3NO5. The number of halogens is 3. The van der Waals surface area contributed by atoms with Crippen LogP contribution in [0.5, 0.6) is 11.5 Å². The summed E-state index contributed by atoms with van der Waals surface area (Å²) >= 11 is 0. The monoisotopic (exact) mass is 377 g/mol. The van der Waals surface area contributed by atoms with Gasteiger partial charge in [0.1, 0.15) is 0 Å². The van der Waals surface area contributed by atoms with Gasteiger partial charge in [0.05, 0.1) is 27.2 Å². The number of carbonyl (C=O) groups excluding carboxylic acids is 2. The fourth-order valence-corrected chi connectivity index (χ4v) is 2.25. The predicted octanol–water partition coefficient (Wildman–Crippen LogP) is 2.59. The molecule has 26 heavy (non-hydrogen) atoms. The number of rotatable bonds is 9. The van der Waals surface area contributed by atoms with Crippen LogP contribution >= 0.6 is 0 Å². The SMILES string of the molecule is CCOC(=O)CCN(CCc1ccc(OC)c(OC)c1)C(=O)C(F)(F)F. The third-order valence-electron chi connectivity index (χ3n) is 3.54. The highest BCUT2D eigenvalue weighted by Gasteiger charge is 2.42. The highest BCUT2D eigenvalue weighted by Crippen LogP contribution is 2.28. The van der Waals surface area contributed by atoms with Gasteiger partial charge in [0.25, 0.3) is 0 Å². The molecule has 0 unspecified atom stereocenters. The van der Waals surface area contributed by atoms with E-state index < -0.39 is 18.1 Å². The molecule has 0 saturated carbocycles. The van der Waals surface area contributed by atoms with Crippen molar-refractivity contribution in [3.05, 3.63) is 23.8 Å². The summed E-state index contributed by atoms with van der Waals surface area (Å²) in [7, 11) is 2.91. The van der Waals surface area contributed by atoms with Crippen LogP contribution in [0, 0.1) is 0 Å². The Balaban J connectivity index is 2.82. The maximum Gasteiger partial charge on any atom is 0.471 e. The number of esters is 1. The van der Waals surface area contributed by atoms with Crippen LogP contribution in [0.25, 0.3) is 0 Å². The number of nitrogens with zero attached hydrogens (tertiary/aromatic N) is 1. The number of ether oxygens (including phenoxy) is 3. The van der Waals surface area contributed by atoms with E-state index in [0.29, 0.717) is 22.0 Å². The maximum absolute atomic E-state index is 12.8. The molecule has 146 valence electrons. The van der Waals surface area contributed by atoms with Crippen molar-refractivity contribution in [2.75, 3.05) is 33.9 Å². The molecule has 0 aliphatic carbocycles. The molecule has 9 heteroatoms. The lowest BCUT2D eigenvalue weighted by Gasteiger charge is -2.23. The molecule has 1 aromatic carbocycles. The first kappa shape index (κ1) is 21.6. The molecule has 1 amide bonds. The van der Waals surface area contributed by atoms with Crippen LogP contribution in [0.3, 0.4) is 0 Å². The van der Waals surface area contributed by atoms with Gasteiger partial charge in [0, 0.05) is 13.1 Å². The highest BCUT2D eigenvalue weighted by molar-refractivity contribution is 5.82. The second-order valence-corrected chi connectivity index (χ2v) is 5.28. The zero-order valence-corrected chi connectivity index (χ0v) is 14.9. The van der Waals surface area contributed by atoms with Crippen molar-refractivity contribution in [1.29, 1.82) is 0 Å². The lowest BCUT2D eigenvalue weighted by atomic mass is 10.1. The first-order valence-electron chi connectivity index (χ1n) is 7.95. The van der Waals surface area contributed by atoms with E-state index in [1.54, 1.807) is 25.1 Å². The van der Waals surface area contributed by atoms with E-state index in [4.69, 9.17) is 9.47 Å². The van der Waals surface area contributed by atoms with Crippen LogP contribution in [-0.2, 0) is 20.7 Å². The Bertz CT molecular complexity index is 619. The third kappa shape index (κ3) is 6.45. The van der Waals surface area contributed by atoms with Crippen molar-refractivity contribution < 1.29 is 37.0 Å². The molecule has 0 aromatic heterocycles. The van der Waals surface area contributed by atoms with Gasteiger partial charge < -0.3 is 19.1 Å². The van der Waals surface area contributed by atoms with Gasteiger partial charge in [-0.2, -0.15) is 13.2 Å². The van der Waals surface area contributed by atoms with E-state index in [-0.39, 0.29) is 32.5 Å². The number of hydrogen-bond acceptors (Lipinski definition) is 5. The van der Waals surface area contributed by atoms with Gasteiger partial charge in [-0.3, -0.25) is 9.59 Å². The molecule has 0 N–H and O–H groups in total. The van der Waals surface area contributed by atoms with Crippen molar-refractivity contribution in [2.24, 2.45) is 0 Å². The fourth-order valence-electron chi connectivity index (χ4n) is 2.25. The van der Waals surface area contributed by atoms with Crippen LogP contribution in [0.4, 0.5) is 13.2 Å². The molecule has 0 spiro atoms. The molecular weight excluding hydrogens is 355 g/mol. The average Bonchev–Trinajstić information content (AvgIpc) is 2.60. The molecule has 0 bridgehead atoms. The summed E-state index contributed by atoms with van der Waals surface area (Å²) in [5, 5.41) is 0. The summed E-state index contributed by atoms with van der Waals surface area (Å²) in [5.41, 5.74) is 0.666. The Morgan fingerprint density at radius 3 is 2.27 bits per heavy atom. The van der Waals surface area contributed by atoms with Gasteiger partial charge in [0.2, 0.25) is 0 Å². The van der Waals surface area contributed by atoms with Gasteiger partial charge >= 0.3 is 18.1 Å². The van der Waals surface area contributed by atoms with Gasteiger partial charge in [-0.25, -0.2) is 0 Å². The van der Waals surface area contributed by atoms with Crippen LogP contribution in [0.2, 0.25) is 0 Å². The molecule has 0 aliphatic heterocycles. The van der Waals surface area contributed by atoms with E-state index in [1.165, 1.54) is 14.2 Å². The quantitative estimate of drug-likeness (QED) is 0.619. The first-order chi connectivity index (χ1) is 12.2. The number of hydrogen-bond donors (Lipinski definition) is 0. The van der Waals surface area contributed by atoms with Gasteiger partial charge in [-0.1, -0.05) is 6.07 Å². The summed E-state index contributed by atoms with van der Waals surface area (Å²) in [5.74, 6) is -1.71. The van der Waals surface area contributed by atoms with Gasteiger partial charge in [0.15, 0.2) is 11.5 Å². The van der Waals surface area contributed by atoms with Crippen molar-refractivity contribution in [3.8, 4) is 11.5 Å². The molecule has 0 aliphatic rings. The van der Waals surface area contributed by atoms with E-state index in [2.05, 4.69) is 4.74 Å². The van der Waals surface area contributed by atoms with Crippen molar-refractivity contribution in [1.82, 2.24) is 4.90 Å². The molecule has 0 saturated heterocycles. The normalized spacial score (nSPS) is 11.0. The minimum absolute atomic E-state index is 0.123. The number of methoxy groups -OCH3 is 2. The minimum Gasteiger partial charge on any atom is -0.493 e. The summed E-state index contributed by atoms with van der Waals surface area (Å²) in [6.07, 6.45) is -5.15. The Kier molecular flexibility index (Phi) is 8.21. The van der Waals surface area contributed by atoms with Crippen LogP contribution in [0.15, 0.2) is 18.2 Å². The predicted molar refractivity (Wildman–Crippen MR) is 87.1 cm³/mol. The Morgan fingerprint density at radius 1 is 1.08 bits per heavy atom. The van der Waals surface area contributed by atoms with Crippen LogP contribution in [0.1, 0.15) is 18.9 Å². The third-order valence-corrected chi connectivity index (χ3v) is 3.54. The van der Waals surface area contributed by atoms with E-state index in [1.807, 2.05) is 0 Å². The Hall–Kier alpha value is -2.45. The topological polar surface area (TPSA) is 65.1 Å². The van der Waals surface area contributed by atoms with Crippen molar-refractivity contribution in [3.63, 3.8) is 0 Å². The largest absolute Gasteiger partial charge is 0.493 e. The lowest BCUT2D eigenvalue weighted by molar-refractivity contribution is -0.185. The summed E-state index contributed by atoms with van der Waals surface area (Å²) in [6, 6.07) is 4.92. The van der Waals surface area contributed by atoms with Crippen molar-refractivity contribution >= 4 is 11.9 Å². The van der Waals surface area contributed by atoms with Gasteiger partial charge in [-0.15, -0.1) is 0 Å². The molecule has 0 heterocycles. The second-order valence-electron chi connectivity index (χ2n) is 5.28. The molecule has 6 nitrogen and oxygen atoms in total. The summed E-state index contributed by atoms with van der Waals surface area (Å²) in [4.78, 5) is 23.6. The molecule has 0 fully saturated rings. The minimum atomic E-state index is -5.01.